The van der Waals surface area contributed by atoms with Gasteiger partial charge in [-0.2, -0.15) is 11.8 Å². The second-order valence-electron chi connectivity index (χ2n) is 4.73. The van der Waals surface area contributed by atoms with Gasteiger partial charge < -0.3 is 5.73 Å². The maximum Gasteiger partial charge on any atom is 0.241 e. The molecular weight excluding hydrogens is 292 g/mol. The molecule has 0 radical (unpaired) electrons. The highest BCUT2D eigenvalue weighted by atomic mass is 32.2. The van der Waals surface area contributed by atoms with E-state index in [1.54, 1.807) is 12.1 Å². The number of benzene rings is 1. The molecule has 0 aliphatic rings. The lowest BCUT2D eigenvalue weighted by molar-refractivity contribution is 0.556. The van der Waals surface area contributed by atoms with Crippen molar-refractivity contribution in [2.24, 2.45) is 0 Å². The minimum atomic E-state index is -3.50. The summed E-state index contributed by atoms with van der Waals surface area (Å²) in [6.45, 7) is 5.93. The van der Waals surface area contributed by atoms with Crippen LogP contribution in [0.25, 0.3) is 0 Å². The monoisotopic (exact) mass is 316 g/mol. The molecule has 0 aliphatic carbocycles. The van der Waals surface area contributed by atoms with Crippen molar-refractivity contribution in [3.05, 3.63) is 23.8 Å². The molecule has 0 amide bonds. The Labute approximate surface area is 126 Å². The van der Waals surface area contributed by atoms with Crippen molar-refractivity contribution in [1.82, 2.24) is 4.72 Å². The number of thioether (sulfide) groups is 1. The number of aryl methyl sites for hydroxylation is 1. The zero-order valence-electron chi connectivity index (χ0n) is 12.3. The van der Waals surface area contributed by atoms with Gasteiger partial charge in [0, 0.05) is 11.7 Å². The van der Waals surface area contributed by atoms with E-state index in [2.05, 4.69) is 11.6 Å². The van der Waals surface area contributed by atoms with Crippen LogP contribution < -0.4 is 10.5 Å². The first-order chi connectivity index (χ1) is 9.40. The maximum atomic E-state index is 12.4. The van der Waals surface area contributed by atoms with E-state index in [4.69, 9.17) is 5.73 Å². The van der Waals surface area contributed by atoms with Crippen LogP contribution >= 0.6 is 11.8 Å². The summed E-state index contributed by atoms with van der Waals surface area (Å²) >= 11 is 1.81. The third-order valence-electron chi connectivity index (χ3n) is 3.02. The topological polar surface area (TPSA) is 72.2 Å². The Balaban J connectivity index is 2.85. The first-order valence-corrected chi connectivity index (χ1v) is 9.53. The number of nitrogens with one attached hydrogen (secondary N) is 1. The molecule has 0 saturated heterocycles. The van der Waals surface area contributed by atoms with E-state index >= 15 is 0 Å². The number of hydrogen-bond acceptors (Lipinski definition) is 4. The van der Waals surface area contributed by atoms with Gasteiger partial charge in [-0.05, 0) is 49.0 Å². The van der Waals surface area contributed by atoms with Gasteiger partial charge in [-0.15, -0.1) is 0 Å². The Hall–Kier alpha value is -0.720. The predicted octanol–water partition coefficient (Wildman–Crippen LogP) is 2.64. The summed E-state index contributed by atoms with van der Waals surface area (Å²) in [5, 5.41) is 0. The molecule has 20 heavy (non-hydrogen) atoms. The number of sulfonamides is 1. The molecule has 1 aromatic carbocycles. The van der Waals surface area contributed by atoms with Gasteiger partial charge in [0.2, 0.25) is 10.0 Å². The first kappa shape index (κ1) is 17.3. The molecule has 3 N–H and O–H groups in total. The van der Waals surface area contributed by atoms with Crippen molar-refractivity contribution in [3.63, 3.8) is 0 Å². The summed E-state index contributed by atoms with van der Waals surface area (Å²) in [5.74, 6) is 2.01. The summed E-state index contributed by atoms with van der Waals surface area (Å²) in [6.07, 6.45) is 1.48. The SMILES string of the molecule is CCSCCC(C)NS(=O)(=O)c1cc(N)ccc1CC. The largest absolute Gasteiger partial charge is 0.399 e. The van der Waals surface area contributed by atoms with Crippen molar-refractivity contribution in [2.45, 2.75) is 44.6 Å². The molecular formula is C14H24N2O2S2. The molecule has 114 valence electrons. The van der Waals surface area contributed by atoms with Crippen LogP contribution in [0.1, 0.15) is 32.8 Å². The summed E-state index contributed by atoms with van der Waals surface area (Å²) in [7, 11) is -3.50. The molecule has 1 unspecified atom stereocenters. The van der Waals surface area contributed by atoms with Gasteiger partial charge in [0.05, 0.1) is 4.90 Å². The van der Waals surface area contributed by atoms with Gasteiger partial charge >= 0.3 is 0 Å². The minimum Gasteiger partial charge on any atom is -0.399 e. The zero-order chi connectivity index (χ0) is 15.2. The molecule has 0 bridgehead atoms. The molecule has 0 saturated carbocycles. The van der Waals surface area contributed by atoms with Crippen LogP contribution in [-0.2, 0) is 16.4 Å². The fraction of sp³-hybridized carbons (Fsp3) is 0.571. The molecule has 0 heterocycles. The number of hydrogen-bond donors (Lipinski definition) is 2. The van der Waals surface area contributed by atoms with E-state index in [0.717, 1.165) is 23.5 Å². The van der Waals surface area contributed by atoms with Crippen LogP contribution in [0.4, 0.5) is 5.69 Å². The van der Waals surface area contributed by atoms with Crippen LogP contribution in [0.3, 0.4) is 0 Å². The van der Waals surface area contributed by atoms with Crippen LogP contribution in [0, 0.1) is 0 Å². The molecule has 1 aromatic rings. The average molecular weight is 316 g/mol. The Morgan fingerprint density at radius 2 is 2.05 bits per heavy atom. The maximum absolute atomic E-state index is 12.4. The van der Waals surface area contributed by atoms with E-state index in [9.17, 15) is 8.42 Å². The molecule has 1 atom stereocenters. The van der Waals surface area contributed by atoms with Crippen LogP contribution in [0.2, 0.25) is 0 Å². The van der Waals surface area contributed by atoms with Crippen molar-refractivity contribution in [1.29, 1.82) is 0 Å². The number of anilines is 1. The van der Waals surface area contributed by atoms with E-state index in [-0.39, 0.29) is 6.04 Å². The number of nitrogens with two attached hydrogens (primary N) is 1. The Morgan fingerprint density at radius 1 is 1.35 bits per heavy atom. The van der Waals surface area contributed by atoms with E-state index in [0.29, 0.717) is 17.0 Å². The molecule has 6 heteroatoms. The third kappa shape index (κ3) is 5.00. The summed E-state index contributed by atoms with van der Waals surface area (Å²) in [6, 6.07) is 4.97. The van der Waals surface area contributed by atoms with E-state index in [1.165, 1.54) is 6.07 Å². The lowest BCUT2D eigenvalue weighted by Crippen LogP contribution is -2.33. The highest BCUT2D eigenvalue weighted by Gasteiger charge is 2.20. The average Bonchev–Trinajstić information content (AvgIpc) is 2.38. The third-order valence-corrected chi connectivity index (χ3v) is 5.62. The highest BCUT2D eigenvalue weighted by Crippen LogP contribution is 2.20. The van der Waals surface area contributed by atoms with Crippen molar-refractivity contribution >= 4 is 27.5 Å². The van der Waals surface area contributed by atoms with Crippen molar-refractivity contribution in [2.75, 3.05) is 17.2 Å². The van der Waals surface area contributed by atoms with Crippen molar-refractivity contribution in [3.8, 4) is 0 Å². The standard InChI is InChI=1S/C14H24N2O2S2/c1-4-12-6-7-13(15)10-14(12)20(17,18)16-11(3)8-9-19-5-2/h6-7,10-11,16H,4-5,8-9,15H2,1-3H3. The fourth-order valence-electron chi connectivity index (χ4n) is 1.91. The summed E-state index contributed by atoms with van der Waals surface area (Å²) in [5.41, 5.74) is 6.97. The van der Waals surface area contributed by atoms with Gasteiger partial charge in [0.15, 0.2) is 0 Å². The van der Waals surface area contributed by atoms with Crippen molar-refractivity contribution < 1.29 is 8.42 Å². The second kappa shape index (κ2) is 7.90. The first-order valence-electron chi connectivity index (χ1n) is 6.89. The van der Waals surface area contributed by atoms with Crippen LogP contribution in [0.15, 0.2) is 23.1 Å². The highest BCUT2D eigenvalue weighted by molar-refractivity contribution is 7.99. The summed E-state index contributed by atoms with van der Waals surface area (Å²) in [4.78, 5) is 0.301. The van der Waals surface area contributed by atoms with Gasteiger partial charge in [0.1, 0.15) is 0 Å². The Morgan fingerprint density at radius 3 is 2.65 bits per heavy atom. The Bertz CT molecular complexity index is 530. The summed E-state index contributed by atoms with van der Waals surface area (Å²) < 4.78 is 27.6. The van der Waals surface area contributed by atoms with E-state index < -0.39 is 10.0 Å². The molecule has 0 fully saturated rings. The molecule has 1 rings (SSSR count). The van der Waals surface area contributed by atoms with Crippen LogP contribution in [-0.4, -0.2) is 26.0 Å². The van der Waals surface area contributed by atoms with E-state index in [1.807, 2.05) is 25.6 Å². The number of nitrogen functional groups attached to an aromatic ring is 1. The quantitative estimate of drug-likeness (QED) is 0.571. The smallest absolute Gasteiger partial charge is 0.241 e. The minimum absolute atomic E-state index is 0.0785. The van der Waals surface area contributed by atoms with Crippen LogP contribution in [0.5, 0.6) is 0 Å². The molecule has 0 aliphatic heterocycles. The number of rotatable bonds is 8. The van der Waals surface area contributed by atoms with Gasteiger partial charge in [-0.3, -0.25) is 0 Å². The van der Waals surface area contributed by atoms with Gasteiger partial charge in [-0.25, -0.2) is 13.1 Å². The lowest BCUT2D eigenvalue weighted by Gasteiger charge is -2.16. The molecule has 0 spiro atoms. The molecule has 4 nitrogen and oxygen atoms in total. The molecule has 0 aromatic heterocycles. The normalized spacial score (nSPS) is 13.3. The predicted molar refractivity (Wildman–Crippen MR) is 87.6 cm³/mol. The lowest BCUT2D eigenvalue weighted by atomic mass is 10.1. The second-order valence-corrected chi connectivity index (χ2v) is 7.80. The van der Waals surface area contributed by atoms with Gasteiger partial charge in [0.25, 0.3) is 0 Å². The fourth-order valence-corrected chi connectivity index (χ4v) is 4.34. The zero-order valence-corrected chi connectivity index (χ0v) is 14.0. The Kier molecular flexibility index (Phi) is 6.85. The van der Waals surface area contributed by atoms with Gasteiger partial charge in [-0.1, -0.05) is 19.9 Å².